The van der Waals surface area contributed by atoms with Crippen LogP contribution in [-0.4, -0.2) is 124 Å². The summed E-state index contributed by atoms with van der Waals surface area (Å²) in [6.07, 6.45) is 4.20. The van der Waals surface area contributed by atoms with E-state index in [-0.39, 0.29) is 18.4 Å². The van der Waals surface area contributed by atoms with Gasteiger partial charge < -0.3 is 41.0 Å². The van der Waals surface area contributed by atoms with Crippen molar-refractivity contribution in [3.05, 3.63) is 61.2 Å². The van der Waals surface area contributed by atoms with Gasteiger partial charge in [-0.25, -0.2) is 0 Å². The number of benzene rings is 1. The molecule has 6 amide bonds. The molecule has 1 aromatic carbocycles. The molecule has 2 bridgehead atoms. The number of carbonyl (C=O) groups is 6. The molecule has 0 aromatic heterocycles. The fraction of sp³-hybridized carbons (Fsp3) is 0.628. The van der Waals surface area contributed by atoms with E-state index in [1.807, 2.05) is 37.3 Å². The number of rotatable bonds is 12. The Hall–Kier alpha value is -4.25. The number of ether oxygens (including phenoxy) is 2. The molecule has 0 saturated carbocycles. The first-order valence-corrected chi connectivity index (χ1v) is 21.7. The SMILES string of the molecule is C=CC(C)(C)OC[C@@H]1NC(=O)[C@H]([C@@H](C)OC(C)(C)C=C)NC(=O)[C@@H]2CS[C@@H](N2)[C@@H](Cc2ccccc2)NC(=O)[C@@H]2CCCN2C(=O)C(C)NC(=O)[C@H]([C@@H](C)CC)NC1=O. The molecule has 4 rings (SSSR count). The van der Waals surface area contributed by atoms with Gasteiger partial charge >= 0.3 is 0 Å². The molecule has 1 aromatic rings. The largest absolute Gasteiger partial charge is 0.369 e. The maximum Gasteiger partial charge on any atom is 0.245 e. The van der Waals surface area contributed by atoms with Crippen LogP contribution in [0, 0.1) is 5.92 Å². The van der Waals surface area contributed by atoms with Crippen molar-refractivity contribution in [2.75, 3.05) is 18.9 Å². The fourth-order valence-corrected chi connectivity index (χ4v) is 8.48. The summed E-state index contributed by atoms with van der Waals surface area (Å²) in [4.78, 5) is 86.2. The second-order valence-corrected chi connectivity index (χ2v) is 18.0. The number of hydrogen-bond acceptors (Lipinski definition) is 10. The highest BCUT2D eigenvalue weighted by Crippen LogP contribution is 2.26. The van der Waals surface area contributed by atoms with Crippen LogP contribution in [0.5, 0.6) is 0 Å². The lowest BCUT2D eigenvalue weighted by Crippen LogP contribution is -2.63. The molecule has 3 fully saturated rings. The average Bonchev–Trinajstić information content (AvgIpc) is 3.91. The lowest BCUT2D eigenvalue weighted by Gasteiger charge is -2.33. The predicted octanol–water partition coefficient (Wildman–Crippen LogP) is 2.11. The number of nitrogens with zero attached hydrogens (tertiary/aromatic N) is 1. The molecule has 3 saturated heterocycles. The molecule has 326 valence electrons. The Morgan fingerprint density at radius 3 is 2.14 bits per heavy atom. The van der Waals surface area contributed by atoms with Gasteiger partial charge in [-0.1, -0.05) is 62.8 Å². The first-order valence-electron chi connectivity index (χ1n) is 20.6. The van der Waals surface area contributed by atoms with Crippen LogP contribution >= 0.6 is 11.8 Å². The van der Waals surface area contributed by atoms with Crippen LogP contribution in [0.15, 0.2) is 55.6 Å². The van der Waals surface area contributed by atoms with Crippen LogP contribution in [-0.2, 0) is 44.7 Å². The molecule has 3 aliphatic heterocycles. The highest BCUT2D eigenvalue weighted by atomic mass is 32.2. The second-order valence-electron chi connectivity index (χ2n) is 16.9. The minimum atomic E-state index is -1.33. The molecule has 10 atom stereocenters. The lowest BCUT2D eigenvalue weighted by molar-refractivity contribution is -0.142. The Balaban J connectivity index is 1.76. The number of nitrogens with one attached hydrogen (secondary N) is 6. The molecule has 0 spiro atoms. The molecule has 59 heavy (non-hydrogen) atoms. The molecule has 3 heterocycles. The summed E-state index contributed by atoms with van der Waals surface area (Å²) in [7, 11) is 0. The summed E-state index contributed by atoms with van der Waals surface area (Å²) in [5, 5.41) is 17.4. The van der Waals surface area contributed by atoms with Crippen molar-refractivity contribution in [2.45, 2.75) is 146 Å². The predicted molar refractivity (Wildman–Crippen MR) is 228 cm³/mol. The van der Waals surface area contributed by atoms with Crippen LogP contribution in [0.25, 0.3) is 0 Å². The van der Waals surface area contributed by atoms with Gasteiger partial charge in [0.1, 0.15) is 30.2 Å². The molecule has 1 unspecified atom stereocenters. The Morgan fingerprint density at radius 2 is 1.49 bits per heavy atom. The zero-order chi connectivity index (χ0) is 43.7. The summed E-state index contributed by atoms with van der Waals surface area (Å²) in [5.74, 6) is -3.34. The Labute approximate surface area is 353 Å². The van der Waals surface area contributed by atoms with Crippen molar-refractivity contribution in [2.24, 2.45) is 5.92 Å². The third kappa shape index (κ3) is 12.9. The van der Waals surface area contributed by atoms with E-state index in [1.54, 1.807) is 60.6 Å². The molecular weight excluding hydrogens is 775 g/mol. The third-order valence-electron chi connectivity index (χ3n) is 11.3. The highest BCUT2D eigenvalue weighted by Gasteiger charge is 2.43. The van der Waals surface area contributed by atoms with Gasteiger partial charge in [0.05, 0.1) is 41.4 Å². The molecule has 16 heteroatoms. The van der Waals surface area contributed by atoms with E-state index in [4.69, 9.17) is 9.47 Å². The number of thioether (sulfide) groups is 1. The van der Waals surface area contributed by atoms with Gasteiger partial charge in [0.25, 0.3) is 0 Å². The van der Waals surface area contributed by atoms with E-state index >= 15 is 0 Å². The maximum absolute atomic E-state index is 14.4. The summed E-state index contributed by atoms with van der Waals surface area (Å²) < 4.78 is 12.2. The van der Waals surface area contributed by atoms with Crippen molar-refractivity contribution in [3.8, 4) is 0 Å². The van der Waals surface area contributed by atoms with Gasteiger partial charge in [-0.05, 0) is 72.3 Å². The minimum absolute atomic E-state index is 0.308. The van der Waals surface area contributed by atoms with Gasteiger partial charge in [0.2, 0.25) is 35.4 Å². The Morgan fingerprint density at radius 1 is 0.847 bits per heavy atom. The molecule has 3 aliphatic rings. The minimum Gasteiger partial charge on any atom is -0.369 e. The van der Waals surface area contributed by atoms with Crippen molar-refractivity contribution >= 4 is 47.2 Å². The summed E-state index contributed by atoms with van der Waals surface area (Å²) in [5.41, 5.74) is -0.811. The molecule has 6 N–H and O–H groups in total. The number of carbonyl (C=O) groups excluding carboxylic acids is 6. The second kappa shape index (κ2) is 20.8. The van der Waals surface area contributed by atoms with Crippen molar-refractivity contribution < 1.29 is 38.2 Å². The first-order chi connectivity index (χ1) is 27.8. The molecule has 0 radical (unpaired) electrons. The van der Waals surface area contributed by atoms with E-state index in [1.165, 1.54) is 16.7 Å². The molecule has 15 nitrogen and oxygen atoms in total. The Kier molecular flexibility index (Phi) is 16.7. The van der Waals surface area contributed by atoms with Gasteiger partial charge in [-0.2, -0.15) is 0 Å². The summed E-state index contributed by atoms with van der Waals surface area (Å²) >= 11 is 1.47. The monoisotopic (exact) mass is 839 g/mol. The van der Waals surface area contributed by atoms with E-state index in [0.29, 0.717) is 38.0 Å². The topological polar surface area (TPSA) is 196 Å². The van der Waals surface area contributed by atoms with Gasteiger partial charge in [0.15, 0.2) is 0 Å². The summed E-state index contributed by atoms with van der Waals surface area (Å²) in [6.45, 7) is 21.6. The van der Waals surface area contributed by atoms with E-state index < -0.39 is 94.5 Å². The smallest absolute Gasteiger partial charge is 0.245 e. The number of amides is 6. The van der Waals surface area contributed by atoms with Gasteiger partial charge in [0, 0.05) is 12.3 Å². The summed E-state index contributed by atoms with van der Waals surface area (Å²) in [6, 6.07) is 2.88. The van der Waals surface area contributed by atoms with E-state index in [0.717, 1.165) is 5.56 Å². The zero-order valence-electron chi connectivity index (χ0n) is 35.8. The van der Waals surface area contributed by atoms with Gasteiger partial charge in [-0.15, -0.1) is 24.9 Å². The van der Waals surface area contributed by atoms with Crippen molar-refractivity contribution in [1.29, 1.82) is 0 Å². The number of hydrogen-bond donors (Lipinski definition) is 6. The quantitative estimate of drug-likeness (QED) is 0.170. The van der Waals surface area contributed by atoms with E-state index in [2.05, 4.69) is 45.1 Å². The molecule has 0 aliphatic carbocycles. The van der Waals surface area contributed by atoms with Crippen molar-refractivity contribution in [3.63, 3.8) is 0 Å². The van der Waals surface area contributed by atoms with Crippen LogP contribution in [0.3, 0.4) is 0 Å². The van der Waals surface area contributed by atoms with Crippen LogP contribution in [0.4, 0.5) is 0 Å². The molecular formula is C43H65N7O8S. The van der Waals surface area contributed by atoms with Crippen LogP contribution < -0.4 is 31.9 Å². The third-order valence-corrected chi connectivity index (χ3v) is 12.6. The average molecular weight is 840 g/mol. The van der Waals surface area contributed by atoms with E-state index in [9.17, 15) is 28.8 Å². The zero-order valence-corrected chi connectivity index (χ0v) is 36.6. The standard InChI is InChI=1S/C43H65N7O8S/c1-11-25(4)33-38(54)44-26(5)41(56)50-21-17-20-32(50)37(53)45-29(22-28-18-15-14-16-19-28)40-47-31(24-59-40)36(52)49-34(27(6)58-43(9,10)13-3)39(55)46-30(35(51)48-33)23-57-42(7,8)12-2/h12-16,18-19,25-27,29-34,40,47H,2-3,11,17,20-24H2,1,4-10H3,(H,44,54)(H,45,53)(H,46,55)(H,48,51)(H,49,52)/t25-,26?,27+,29+,30-,31-,32-,33-,34-,40+/m0/s1. The number of fused-ring (bicyclic) bond motifs is 3. The first kappa shape index (κ1) is 47.4. The maximum atomic E-state index is 14.4. The lowest BCUT2D eigenvalue weighted by atomic mass is 9.97. The van der Waals surface area contributed by atoms with Crippen LogP contribution in [0.2, 0.25) is 0 Å². The fourth-order valence-electron chi connectivity index (χ4n) is 7.18. The Bertz CT molecular complexity index is 1690. The van der Waals surface area contributed by atoms with Crippen molar-refractivity contribution in [1.82, 2.24) is 36.8 Å². The van der Waals surface area contributed by atoms with Gasteiger partial charge in [-0.3, -0.25) is 34.1 Å². The van der Waals surface area contributed by atoms with Crippen LogP contribution in [0.1, 0.15) is 80.2 Å². The highest BCUT2D eigenvalue weighted by molar-refractivity contribution is 8.00. The normalized spacial score (nSPS) is 29.1.